The minimum atomic E-state index is -0.121. The molecule has 0 heterocycles. The Balaban J connectivity index is 2.22. The smallest absolute Gasteiger partial charge is 0.221 e. The number of carbonyl (C=O) groups excluding carboxylic acids is 1. The van der Waals surface area contributed by atoms with Crippen molar-refractivity contribution in [2.45, 2.75) is 71.9 Å². The second-order valence-corrected chi connectivity index (χ2v) is 7.00. The van der Waals surface area contributed by atoms with E-state index in [9.17, 15) is 4.79 Å². The van der Waals surface area contributed by atoms with Crippen LogP contribution in [0.15, 0.2) is 0 Å². The number of carbonyl (C=O) groups is 1. The van der Waals surface area contributed by atoms with Crippen molar-refractivity contribution in [3.63, 3.8) is 0 Å². The molecule has 1 fully saturated rings. The predicted molar refractivity (Wildman–Crippen MR) is 76.5 cm³/mol. The third-order valence-corrected chi connectivity index (χ3v) is 3.73. The Labute approximate surface area is 112 Å². The van der Waals surface area contributed by atoms with Crippen molar-refractivity contribution in [2.24, 2.45) is 11.8 Å². The quantitative estimate of drug-likeness (QED) is 0.810. The van der Waals surface area contributed by atoms with Gasteiger partial charge in [0, 0.05) is 24.5 Å². The summed E-state index contributed by atoms with van der Waals surface area (Å²) in [6.45, 7) is 11.5. The van der Waals surface area contributed by atoms with Crippen molar-refractivity contribution in [1.29, 1.82) is 0 Å². The van der Waals surface area contributed by atoms with Crippen LogP contribution in [-0.2, 0) is 4.79 Å². The lowest BCUT2D eigenvalue weighted by molar-refractivity contribution is -0.122. The van der Waals surface area contributed by atoms with Crippen molar-refractivity contribution in [2.75, 3.05) is 6.54 Å². The van der Waals surface area contributed by atoms with Gasteiger partial charge in [0.1, 0.15) is 0 Å². The van der Waals surface area contributed by atoms with E-state index in [1.54, 1.807) is 0 Å². The van der Waals surface area contributed by atoms with E-state index in [1.807, 2.05) is 20.8 Å². The molecule has 1 aliphatic rings. The standard InChI is InChI=1S/C15H30N2O/c1-11-6-7-12(2)13(10-11)16-9-8-14(18)17-15(3,4)5/h11-13,16H,6-10H2,1-5H3,(H,17,18). The van der Waals surface area contributed by atoms with Crippen molar-refractivity contribution in [3.05, 3.63) is 0 Å². The van der Waals surface area contributed by atoms with Gasteiger partial charge in [-0.2, -0.15) is 0 Å². The summed E-state index contributed by atoms with van der Waals surface area (Å²) >= 11 is 0. The summed E-state index contributed by atoms with van der Waals surface area (Å²) in [5.74, 6) is 1.71. The average molecular weight is 254 g/mol. The Hall–Kier alpha value is -0.570. The lowest BCUT2D eigenvalue weighted by Gasteiger charge is -2.33. The Morgan fingerprint density at radius 2 is 1.89 bits per heavy atom. The average Bonchev–Trinajstić information content (AvgIpc) is 2.20. The number of hydrogen-bond acceptors (Lipinski definition) is 2. The molecule has 0 radical (unpaired) electrons. The molecule has 3 atom stereocenters. The molecule has 0 aromatic rings. The van der Waals surface area contributed by atoms with Crippen LogP contribution in [0.5, 0.6) is 0 Å². The van der Waals surface area contributed by atoms with Crippen LogP contribution in [0, 0.1) is 11.8 Å². The zero-order valence-corrected chi connectivity index (χ0v) is 12.7. The molecule has 1 aliphatic carbocycles. The molecule has 106 valence electrons. The lowest BCUT2D eigenvalue weighted by Crippen LogP contribution is -2.44. The number of rotatable bonds is 4. The molecule has 0 spiro atoms. The van der Waals surface area contributed by atoms with E-state index in [-0.39, 0.29) is 11.4 Å². The molecule has 0 aliphatic heterocycles. The van der Waals surface area contributed by atoms with E-state index < -0.39 is 0 Å². The zero-order chi connectivity index (χ0) is 13.8. The predicted octanol–water partition coefficient (Wildman–Crippen LogP) is 2.71. The SMILES string of the molecule is CC1CCC(C)C(NCCC(=O)NC(C)(C)C)C1. The lowest BCUT2D eigenvalue weighted by atomic mass is 9.80. The Morgan fingerprint density at radius 3 is 2.50 bits per heavy atom. The molecule has 3 unspecified atom stereocenters. The molecular weight excluding hydrogens is 224 g/mol. The van der Waals surface area contributed by atoms with Crippen molar-refractivity contribution < 1.29 is 4.79 Å². The second-order valence-electron chi connectivity index (χ2n) is 7.00. The van der Waals surface area contributed by atoms with Gasteiger partial charge in [-0.25, -0.2) is 0 Å². The number of amides is 1. The zero-order valence-electron chi connectivity index (χ0n) is 12.7. The molecule has 0 saturated heterocycles. The highest BCUT2D eigenvalue weighted by Crippen LogP contribution is 2.28. The van der Waals surface area contributed by atoms with Gasteiger partial charge in [-0.3, -0.25) is 4.79 Å². The van der Waals surface area contributed by atoms with Crippen LogP contribution in [0.25, 0.3) is 0 Å². The fraction of sp³-hybridized carbons (Fsp3) is 0.933. The van der Waals surface area contributed by atoms with Gasteiger partial charge in [-0.05, 0) is 45.4 Å². The van der Waals surface area contributed by atoms with Crippen LogP contribution in [0.2, 0.25) is 0 Å². The normalized spacial score (nSPS) is 29.1. The van der Waals surface area contributed by atoms with Crippen LogP contribution in [0.3, 0.4) is 0 Å². The molecule has 0 aromatic heterocycles. The number of hydrogen-bond donors (Lipinski definition) is 2. The van der Waals surface area contributed by atoms with E-state index in [2.05, 4.69) is 24.5 Å². The molecule has 2 N–H and O–H groups in total. The Kier molecular flexibility index (Phi) is 5.64. The first kappa shape index (κ1) is 15.5. The first-order valence-electron chi connectivity index (χ1n) is 7.32. The monoisotopic (exact) mass is 254 g/mol. The summed E-state index contributed by atoms with van der Waals surface area (Å²) in [4.78, 5) is 11.7. The summed E-state index contributed by atoms with van der Waals surface area (Å²) in [6.07, 6.45) is 4.49. The fourth-order valence-corrected chi connectivity index (χ4v) is 2.67. The summed E-state index contributed by atoms with van der Waals surface area (Å²) in [7, 11) is 0. The summed E-state index contributed by atoms with van der Waals surface area (Å²) in [5.41, 5.74) is -0.121. The van der Waals surface area contributed by atoms with Gasteiger partial charge in [-0.1, -0.05) is 20.3 Å². The van der Waals surface area contributed by atoms with Gasteiger partial charge in [0.2, 0.25) is 5.91 Å². The second kappa shape index (κ2) is 6.55. The van der Waals surface area contributed by atoms with Crippen LogP contribution in [0.4, 0.5) is 0 Å². The van der Waals surface area contributed by atoms with Gasteiger partial charge < -0.3 is 10.6 Å². The van der Waals surface area contributed by atoms with Crippen LogP contribution >= 0.6 is 0 Å². The maximum Gasteiger partial charge on any atom is 0.221 e. The topological polar surface area (TPSA) is 41.1 Å². The van der Waals surface area contributed by atoms with Gasteiger partial charge in [-0.15, -0.1) is 0 Å². The molecule has 3 nitrogen and oxygen atoms in total. The molecular formula is C15H30N2O. The number of nitrogens with one attached hydrogen (secondary N) is 2. The summed E-state index contributed by atoms with van der Waals surface area (Å²) in [5, 5.41) is 6.56. The summed E-state index contributed by atoms with van der Waals surface area (Å²) < 4.78 is 0. The highest BCUT2D eigenvalue weighted by molar-refractivity contribution is 5.76. The van der Waals surface area contributed by atoms with Crippen molar-refractivity contribution >= 4 is 5.91 Å². The first-order chi connectivity index (χ1) is 8.28. The van der Waals surface area contributed by atoms with Crippen LogP contribution in [-0.4, -0.2) is 24.0 Å². The Bertz CT molecular complexity index is 270. The molecule has 3 heteroatoms. The minimum absolute atomic E-state index is 0.121. The first-order valence-corrected chi connectivity index (χ1v) is 7.32. The van der Waals surface area contributed by atoms with Gasteiger partial charge >= 0.3 is 0 Å². The summed E-state index contributed by atoms with van der Waals surface area (Å²) in [6, 6.07) is 0.594. The third-order valence-electron chi connectivity index (χ3n) is 3.73. The van der Waals surface area contributed by atoms with Crippen molar-refractivity contribution in [1.82, 2.24) is 10.6 Å². The van der Waals surface area contributed by atoms with Crippen molar-refractivity contribution in [3.8, 4) is 0 Å². The maximum atomic E-state index is 11.7. The van der Waals surface area contributed by atoms with Crippen LogP contribution in [0.1, 0.15) is 60.3 Å². The highest BCUT2D eigenvalue weighted by Gasteiger charge is 2.25. The van der Waals surface area contributed by atoms with E-state index in [1.165, 1.54) is 19.3 Å². The van der Waals surface area contributed by atoms with Gasteiger partial charge in [0.15, 0.2) is 0 Å². The van der Waals surface area contributed by atoms with E-state index in [0.29, 0.717) is 12.5 Å². The molecule has 1 amide bonds. The molecule has 1 saturated carbocycles. The molecule has 1 rings (SSSR count). The van der Waals surface area contributed by atoms with E-state index in [0.717, 1.165) is 18.4 Å². The van der Waals surface area contributed by atoms with E-state index in [4.69, 9.17) is 0 Å². The molecule has 18 heavy (non-hydrogen) atoms. The third kappa shape index (κ3) is 5.85. The van der Waals surface area contributed by atoms with Crippen LogP contribution < -0.4 is 10.6 Å². The molecule has 0 bridgehead atoms. The maximum absolute atomic E-state index is 11.7. The van der Waals surface area contributed by atoms with E-state index >= 15 is 0 Å². The minimum Gasteiger partial charge on any atom is -0.351 e. The Morgan fingerprint density at radius 1 is 1.22 bits per heavy atom. The van der Waals surface area contributed by atoms with Gasteiger partial charge in [0.05, 0.1) is 0 Å². The highest BCUT2D eigenvalue weighted by atomic mass is 16.1. The fourth-order valence-electron chi connectivity index (χ4n) is 2.67. The van der Waals surface area contributed by atoms with Gasteiger partial charge in [0.25, 0.3) is 0 Å². The largest absolute Gasteiger partial charge is 0.351 e. The molecule has 0 aromatic carbocycles.